The molecule has 2 nitrogen and oxygen atoms in total. The van der Waals surface area contributed by atoms with Crippen LogP contribution in [0.3, 0.4) is 0 Å². The van der Waals surface area contributed by atoms with Crippen LogP contribution in [0.2, 0.25) is 0 Å². The molecule has 0 aromatic rings. The number of hydrogen-bond acceptors (Lipinski definition) is 2. The Bertz CT molecular complexity index is 128. The van der Waals surface area contributed by atoms with Crippen LogP contribution in [0.25, 0.3) is 0 Å². The van der Waals surface area contributed by atoms with Gasteiger partial charge < -0.3 is 9.47 Å². The highest BCUT2D eigenvalue weighted by Crippen LogP contribution is 2.26. The third-order valence-corrected chi connectivity index (χ3v) is 2.19. The SMILES string of the molecule is CC(C)CCOCC1(C)COC1. The Kier molecular flexibility index (Phi) is 3.53. The fourth-order valence-electron chi connectivity index (χ4n) is 1.17. The van der Waals surface area contributed by atoms with Gasteiger partial charge in [-0.1, -0.05) is 20.8 Å². The average Bonchev–Trinajstić information content (AvgIpc) is 1.94. The van der Waals surface area contributed by atoms with E-state index in [9.17, 15) is 0 Å². The first-order valence-corrected chi connectivity index (χ1v) is 4.78. The zero-order valence-corrected chi connectivity index (χ0v) is 8.43. The second-order valence-corrected chi connectivity index (χ2v) is 4.54. The Balaban J connectivity index is 1.95. The van der Waals surface area contributed by atoms with Gasteiger partial charge in [-0.25, -0.2) is 0 Å². The molecule has 0 atom stereocenters. The molecule has 0 radical (unpaired) electrons. The van der Waals surface area contributed by atoms with E-state index in [2.05, 4.69) is 20.8 Å². The van der Waals surface area contributed by atoms with Crippen LogP contribution in [-0.2, 0) is 9.47 Å². The summed E-state index contributed by atoms with van der Waals surface area (Å²) in [7, 11) is 0. The van der Waals surface area contributed by atoms with Crippen LogP contribution in [-0.4, -0.2) is 26.4 Å². The van der Waals surface area contributed by atoms with Gasteiger partial charge in [0.1, 0.15) is 0 Å². The zero-order chi connectivity index (χ0) is 9.03. The maximum absolute atomic E-state index is 5.57. The van der Waals surface area contributed by atoms with Crippen LogP contribution in [0.1, 0.15) is 27.2 Å². The van der Waals surface area contributed by atoms with E-state index in [1.807, 2.05) is 0 Å². The van der Waals surface area contributed by atoms with Crippen molar-refractivity contribution in [2.24, 2.45) is 11.3 Å². The molecule has 0 aliphatic carbocycles. The minimum atomic E-state index is 0.316. The first-order valence-electron chi connectivity index (χ1n) is 4.78. The summed E-state index contributed by atoms with van der Waals surface area (Å²) in [4.78, 5) is 0. The van der Waals surface area contributed by atoms with Gasteiger partial charge >= 0.3 is 0 Å². The normalized spacial score (nSPS) is 21.0. The molecule has 1 aliphatic heterocycles. The Labute approximate surface area is 75.2 Å². The minimum Gasteiger partial charge on any atom is -0.381 e. The summed E-state index contributed by atoms with van der Waals surface area (Å²) < 4.78 is 10.7. The molecule has 0 saturated carbocycles. The molecular weight excluding hydrogens is 152 g/mol. The lowest BCUT2D eigenvalue weighted by Crippen LogP contribution is -2.43. The lowest BCUT2D eigenvalue weighted by Gasteiger charge is -2.37. The maximum atomic E-state index is 5.57. The van der Waals surface area contributed by atoms with E-state index in [4.69, 9.17) is 9.47 Å². The third-order valence-electron chi connectivity index (χ3n) is 2.19. The first-order chi connectivity index (χ1) is 5.62. The molecule has 1 aliphatic rings. The van der Waals surface area contributed by atoms with Crippen molar-refractivity contribution in [1.29, 1.82) is 0 Å². The van der Waals surface area contributed by atoms with Crippen molar-refractivity contribution in [3.63, 3.8) is 0 Å². The zero-order valence-electron chi connectivity index (χ0n) is 8.43. The number of rotatable bonds is 5. The highest BCUT2D eigenvalue weighted by atomic mass is 16.5. The molecule has 1 fully saturated rings. The second kappa shape index (κ2) is 4.24. The smallest absolute Gasteiger partial charge is 0.0564 e. The van der Waals surface area contributed by atoms with Gasteiger partial charge in [-0.05, 0) is 12.3 Å². The monoisotopic (exact) mass is 172 g/mol. The lowest BCUT2D eigenvalue weighted by molar-refractivity contribution is -0.138. The second-order valence-electron chi connectivity index (χ2n) is 4.54. The summed E-state index contributed by atoms with van der Waals surface area (Å²) >= 11 is 0. The van der Waals surface area contributed by atoms with Crippen molar-refractivity contribution < 1.29 is 9.47 Å². The van der Waals surface area contributed by atoms with E-state index < -0.39 is 0 Å². The van der Waals surface area contributed by atoms with Crippen LogP contribution in [0.5, 0.6) is 0 Å². The molecular formula is C10H20O2. The van der Waals surface area contributed by atoms with Crippen LogP contribution in [0.15, 0.2) is 0 Å². The molecule has 72 valence electrons. The van der Waals surface area contributed by atoms with E-state index in [0.717, 1.165) is 38.8 Å². The maximum Gasteiger partial charge on any atom is 0.0564 e. The quantitative estimate of drug-likeness (QED) is 0.591. The van der Waals surface area contributed by atoms with Crippen molar-refractivity contribution in [2.45, 2.75) is 27.2 Å². The van der Waals surface area contributed by atoms with Gasteiger partial charge in [0.2, 0.25) is 0 Å². The summed E-state index contributed by atoms with van der Waals surface area (Å²) in [6.45, 7) is 10.2. The summed E-state index contributed by atoms with van der Waals surface area (Å²) in [5.41, 5.74) is 0.316. The third kappa shape index (κ3) is 3.11. The lowest BCUT2D eigenvalue weighted by atomic mass is 9.90. The van der Waals surface area contributed by atoms with Gasteiger partial charge in [0.05, 0.1) is 19.8 Å². The predicted molar refractivity (Wildman–Crippen MR) is 49.2 cm³/mol. The van der Waals surface area contributed by atoms with Gasteiger partial charge in [0, 0.05) is 12.0 Å². The van der Waals surface area contributed by atoms with Crippen LogP contribution in [0, 0.1) is 11.3 Å². The summed E-state index contributed by atoms with van der Waals surface area (Å²) in [6.07, 6.45) is 1.16. The molecule has 1 rings (SSSR count). The summed E-state index contributed by atoms with van der Waals surface area (Å²) in [5.74, 6) is 0.746. The first kappa shape index (κ1) is 10.0. The van der Waals surface area contributed by atoms with E-state index in [1.54, 1.807) is 0 Å². The molecule has 12 heavy (non-hydrogen) atoms. The molecule has 0 spiro atoms. The fourth-order valence-corrected chi connectivity index (χ4v) is 1.17. The van der Waals surface area contributed by atoms with Gasteiger partial charge in [0.15, 0.2) is 0 Å². The van der Waals surface area contributed by atoms with Crippen molar-refractivity contribution in [3.05, 3.63) is 0 Å². The van der Waals surface area contributed by atoms with Crippen molar-refractivity contribution in [1.82, 2.24) is 0 Å². The topological polar surface area (TPSA) is 18.5 Å². The fraction of sp³-hybridized carbons (Fsp3) is 1.00. The number of ether oxygens (including phenoxy) is 2. The Hall–Kier alpha value is -0.0800. The van der Waals surface area contributed by atoms with E-state index in [0.29, 0.717) is 5.41 Å². The van der Waals surface area contributed by atoms with Gasteiger partial charge in [-0.3, -0.25) is 0 Å². The highest BCUT2D eigenvalue weighted by molar-refractivity contribution is 4.79. The molecule has 1 saturated heterocycles. The Morgan fingerprint density at radius 2 is 2.08 bits per heavy atom. The van der Waals surface area contributed by atoms with E-state index in [-0.39, 0.29) is 0 Å². The molecule has 0 aromatic carbocycles. The molecule has 0 amide bonds. The molecule has 0 aromatic heterocycles. The molecule has 0 bridgehead atoms. The van der Waals surface area contributed by atoms with Gasteiger partial charge in [-0.15, -0.1) is 0 Å². The van der Waals surface area contributed by atoms with Gasteiger partial charge in [0.25, 0.3) is 0 Å². The van der Waals surface area contributed by atoms with Crippen LogP contribution < -0.4 is 0 Å². The molecule has 0 unspecified atom stereocenters. The van der Waals surface area contributed by atoms with Crippen molar-refractivity contribution >= 4 is 0 Å². The van der Waals surface area contributed by atoms with E-state index >= 15 is 0 Å². The summed E-state index contributed by atoms with van der Waals surface area (Å²) in [5, 5.41) is 0. The number of hydrogen-bond donors (Lipinski definition) is 0. The molecule has 1 heterocycles. The molecule has 0 N–H and O–H groups in total. The van der Waals surface area contributed by atoms with Crippen molar-refractivity contribution in [3.8, 4) is 0 Å². The highest BCUT2D eigenvalue weighted by Gasteiger charge is 2.33. The Morgan fingerprint density at radius 1 is 1.42 bits per heavy atom. The Morgan fingerprint density at radius 3 is 2.50 bits per heavy atom. The predicted octanol–water partition coefficient (Wildman–Crippen LogP) is 2.09. The van der Waals surface area contributed by atoms with Crippen molar-refractivity contribution in [2.75, 3.05) is 26.4 Å². The molecule has 2 heteroatoms. The standard InChI is InChI=1S/C10H20O2/c1-9(2)4-5-11-6-10(3)7-12-8-10/h9H,4-8H2,1-3H3. The van der Waals surface area contributed by atoms with Gasteiger partial charge in [-0.2, -0.15) is 0 Å². The van der Waals surface area contributed by atoms with Crippen LogP contribution in [0.4, 0.5) is 0 Å². The van der Waals surface area contributed by atoms with E-state index in [1.165, 1.54) is 0 Å². The minimum absolute atomic E-state index is 0.316. The summed E-state index contributed by atoms with van der Waals surface area (Å²) in [6, 6.07) is 0. The average molecular weight is 172 g/mol. The van der Waals surface area contributed by atoms with Crippen LogP contribution >= 0.6 is 0 Å². The largest absolute Gasteiger partial charge is 0.381 e.